The van der Waals surface area contributed by atoms with Crippen LogP contribution in [0.4, 0.5) is 0 Å². The van der Waals surface area contributed by atoms with E-state index in [2.05, 4.69) is 41.8 Å². The molecule has 0 amide bonds. The molecule has 4 heterocycles. The van der Waals surface area contributed by atoms with Crippen LogP contribution in [-0.2, 0) is 6.61 Å². The Balaban J connectivity index is 0.000000267. The Labute approximate surface area is 272 Å². The number of halogens is 2. The molecule has 8 nitrogen and oxygen atoms in total. The number of rotatable bonds is 4. The van der Waals surface area contributed by atoms with Gasteiger partial charge in [0.25, 0.3) is 0 Å². The molecule has 0 atom stereocenters. The van der Waals surface area contributed by atoms with Crippen molar-refractivity contribution in [1.82, 2.24) is 18.8 Å². The summed E-state index contributed by atoms with van der Waals surface area (Å²) in [5.74, 6) is 0.232. The smallest absolute Gasteiger partial charge is 1.00 e. The zero-order valence-electron chi connectivity index (χ0n) is 22.2. The molecule has 0 spiro atoms. The zero-order chi connectivity index (χ0) is 26.8. The van der Waals surface area contributed by atoms with E-state index in [9.17, 15) is 20.1 Å². The van der Waals surface area contributed by atoms with Gasteiger partial charge >= 0.3 is 29.6 Å². The first-order valence-corrected chi connectivity index (χ1v) is 13.0. The fourth-order valence-electron chi connectivity index (χ4n) is 4.13. The van der Waals surface area contributed by atoms with Crippen LogP contribution in [0.2, 0.25) is 0 Å². The summed E-state index contributed by atoms with van der Waals surface area (Å²) in [6.45, 7) is -0.146. The first kappa shape index (κ1) is 31.6. The van der Waals surface area contributed by atoms with Crippen LogP contribution in [0.1, 0.15) is 17.6 Å². The molecule has 6 rings (SSSR count). The van der Waals surface area contributed by atoms with Crippen molar-refractivity contribution in [3.8, 4) is 34.0 Å². The molecular formula is C28H21BBr2N4NaO4. The monoisotopic (exact) mass is 669 g/mol. The van der Waals surface area contributed by atoms with Crippen LogP contribution in [0.25, 0.3) is 33.8 Å². The molecular weight excluding hydrogens is 650 g/mol. The molecule has 2 aromatic carbocycles. The van der Waals surface area contributed by atoms with Crippen molar-refractivity contribution in [1.29, 1.82) is 0 Å². The molecule has 0 aliphatic carbocycles. The van der Waals surface area contributed by atoms with E-state index in [4.69, 9.17) is 0 Å². The standard InChI is InChI=1S/C14H11BrN2O2.C14H9BrN2O2.B.Na.H/c2*15-9-4-5-12(19)10(7-9)14-11(8-18)17-6-2-1-3-13(17)16-14;;;/h1-7,18-19H,8H2;1-8,19H;;;/q;;;+1;-1. The van der Waals surface area contributed by atoms with E-state index >= 15 is 0 Å². The van der Waals surface area contributed by atoms with Gasteiger partial charge in [-0.05, 0) is 60.7 Å². The molecule has 0 unspecified atom stereocenters. The van der Waals surface area contributed by atoms with Gasteiger partial charge in [-0.15, -0.1) is 0 Å². The molecule has 0 aliphatic heterocycles. The quantitative estimate of drug-likeness (QED) is 0.197. The number of nitrogens with zero attached hydrogens (tertiary/aromatic N) is 4. The fraction of sp³-hybridized carbons (Fsp3) is 0.0357. The maximum Gasteiger partial charge on any atom is 1.00 e. The Morgan fingerprint density at radius 2 is 1.27 bits per heavy atom. The van der Waals surface area contributed by atoms with Gasteiger partial charge < -0.3 is 21.1 Å². The number of phenols is 2. The third-order valence-corrected chi connectivity index (χ3v) is 6.87. The van der Waals surface area contributed by atoms with Gasteiger partial charge in [-0.25, -0.2) is 9.97 Å². The van der Waals surface area contributed by atoms with Crippen molar-refractivity contribution in [3.63, 3.8) is 0 Å². The number of imidazole rings is 2. The molecule has 195 valence electrons. The predicted molar refractivity (Wildman–Crippen MR) is 158 cm³/mol. The molecule has 0 bridgehead atoms. The number of carbonyl (C=O) groups is 1. The number of aliphatic hydroxyl groups is 1. The number of aromatic nitrogens is 4. The first-order chi connectivity index (χ1) is 18.4. The summed E-state index contributed by atoms with van der Waals surface area (Å²) in [6.07, 6.45) is 4.35. The predicted octanol–water partition coefficient (Wildman–Crippen LogP) is 2.98. The number of benzene rings is 2. The fourth-order valence-corrected chi connectivity index (χ4v) is 4.86. The minimum Gasteiger partial charge on any atom is -1.00 e. The van der Waals surface area contributed by atoms with Gasteiger partial charge in [0.15, 0.2) is 6.29 Å². The van der Waals surface area contributed by atoms with E-state index in [-0.39, 0.29) is 57.5 Å². The molecule has 4 aromatic heterocycles. The Kier molecular flexibility index (Phi) is 10.8. The van der Waals surface area contributed by atoms with Gasteiger partial charge in [0.05, 0.1) is 18.0 Å². The molecule has 6 aromatic rings. The van der Waals surface area contributed by atoms with Gasteiger partial charge in [-0.3, -0.25) is 9.20 Å². The van der Waals surface area contributed by atoms with Gasteiger partial charge in [-0.1, -0.05) is 44.0 Å². The van der Waals surface area contributed by atoms with Gasteiger partial charge in [0, 0.05) is 40.9 Å². The summed E-state index contributed by atoms with van der Waals surface area (Å²) < 4.78 is 5.17. The number of hydrogen-bond acceptors (Lipinski definition) is 6. The van der Waals surface area contributed by atoms with Crippen molar-refractivity contribution in [2.24, 2.45) is 0 Å². The molecule has 0 aliphatic rings. The number of aromatic hydroxyl groups is 2. The van der Waals surface area contributed by atoms with Crippen LogP contribution >= 0.6 is 31.9 Å². The van der Waals surface area contributed by atoms with Crippen LogP contribution < -0.4 is 29.6 Å². The number of fused-ring (bicyclic) bond motifs is 2. The Bertz CT molecular complexity index is 1820. The molecule has 0 saturated heterocycles. The van der Waals surface area contributed by atoms with Crippen LogP contribution in [0.3, 0.4) is 0 Å². The number of aldehydes is 1. The molecule has 0 fully saturated rings. The van der Waals surface area contributed by atoms with E-state index in [1.54, 1.807) is 47.0 Å². The maximum atomic E-state index is 11.3. The molecule has 3 radical (unpaired) electrons. The number of phenolic OH excluding ortho intramolecular Hbond substituents is 2. The summed E-state index contributed by atoms with van der Waals surface area (Å²) in [5.41, 5.74) is 4.67. The number of aliphatic hydroxyl groups excluding tert-OH is 1. The summed E-state index contributed by atoms with van der Waals surface area (Å²) in [6, 6.07) is 21.3. The number of carbonyl (C=O) groups excluding carboxylic acids is 1. The van der Waals surface area contributed by atoms with E-state index in [1.165, 1.54) is 0 Å². The molecule has 0 saturated carbocycles. The summed E-state index contributed by atoms with van der Waals surface area (Å²) in [7, 11) is 0. The Morgan fingerprint density at radius 1 is 0.775 bits per heavy atom. The molecule has 12 heteroatoms. The third kappa shape index (κ3) is 6.20. The van der Waals surface area contributed by atoms with E-state index < -0.39 is 0 Å². The maximum absolute atomic E-state index is 11.3. The second-order valence-corrected chi connectivity index (χ2v) is 10.0. The average molecular weight is 671 g/mol. The largest absolute Gasteiger partial charge is 1.00 e. The Hall–Kier alpha value is -2.93. The minimum atomic E-state index is -0.146. The van der Waals surface area contributed by atoms with Crippen LogP contribution in [0.15, 0.2) is 94.1 Å². The van der Waals surface area contributed by atoms with Crippen molar-refractivity contribution in [2.45, 2.75) is 6.61 Å². The van der Waals surface area contributed by atoms with Crippen molar-refractivity contribution in [2.75, 3.05) is 0 Å². The first-order valence-electron chi connectivity index (χ1n) is 11.4. The average Bonchev–Trinajstić information content (AvgIpc) is 3.49. The second kappa shape index (κ2) is 13.6. The van der Waals surface area contributed by atoms with Crippen molar-refractivity contribution < 1.29 is 51.1 Å². The van der Waals surface area contributed by atoms with Gasteiger partial charge in [0.2, 0.25) is 0 Å². The second-order valence-electron chi connectivity index (χ2n) is 8.21. The summed E-state index contributed by atoms with van der Waals surface area (Å²) in [5, 5.41) is 29.5. The SMILES string of the molecule is O=Cc1c(-c2cc(Br)ccc2O)nc2ccccn12.OCc1c(-c2cc(Br)ccc2O)nc2ccccn12.[B].[H-].[Na+]. The normalized spacial score (nSPS) is 10.4. The van der Waals surface area contributed by atoms with Gasteiger partial charge in [0.1, 0.15) is 34.2 Å². The van der Waals surface area contributed by atoms with E-state index in [0.29, 0.717) is 39.5 Å². The minimum absolute atomic E-state index is 0. The van der Waals surface area contributed by atoms with Crippen LogP contribution in [-0.4, -0.2) is 48.8 Å². The van der Waals surface area contributed by atoms with E-state index in [1.807, 2.05) is 47.0 Å². The van der Waals surface area contributed by atoms with Crippen LogP contribution in [0.5, 0.6) is 11.5 Å². The summed E-state index contributed by atoms with van der Waals surface area (Å²) in [4.78, 5) is 20.2. The topological polar surface area (TPSA) is 112 Å². The van der Waals surface area contributed by atoms with Crippen LogP contribution in [0, 0.1) is 0 Å². The molecule has 3 N–H and O–H groups in total. The van der Waals surface area contributed by atoms with Crippen molar-refractivity contribution >= 4 is 57.9 Å². The molecule has 40 heavy (non-hydrogen) atoms. The number of pyridine rings is 2. The van der Waals surface area contributed by atoms with E-state index in [0.717, 1.165) is 20.9 Å². The number of hydrogen-bond donors (Lipinski definition) is 3. The zero-order valence-corrected chi connectivity index (χ0v) is 26.4. The van der Waals surface area contributed by atoms with Gasteiger partial charge in [-0.2, -0.15) is 0 Å². The summed E-state index contributed by atoms with van der Waals surface area (Å²) >= 11 is 6.73. The van der Waals surface area contributed by atoms with Crippen molar-refractivity contribution in [3.05, 3.63) is 106 Å². The Morgan fingerprint density at radius 3 is 1.82 bits per heavy atom. The third-order valence-electron chi connectivity index (χ3n) is 5.88.